The van der Waals surface area contributed by atoms with Crippen LogP contribution in [-0.4, -0.2) is 31.3 Å². The summed E-state index contributed by atoms with van der Waals surface area (Å²) < 4.78 is 6.61. The van der Waals surface area contributed by atoms with E-state index in [2.05, 4.69) is 22.2 Å². The first kappa shape index (κ1) is 11.3. The van der Waals surface area contributed by atoms with Crippen LogP contribution in [0, 0.1) is 6.92 Å². The molecule has 0 amide bonds. The Hall–Kier alpha value is -0.840. The van der Waals surface area contributed by atoms with E-state index in [0.29, 0.717) is 5.15 Å². The van der Waals surface area contributed by atoms with Crippen molar-refractivity contribution < 1.29 is 4.74 Å². The number of aromatic nitrogens is 1. The van der Waals surface area contributed by atoms with Gasteiger partial charge in [-0.25, -0.2) is 4.98 Å². The molecule has 0 atom stereocenters. The summed E-state index contributed by atoms with van der Waals surface area (Å²) in [5.41, 5.74) is 3.42. The molecule has 1 fully saturated rings. The molecule has 17 heavy (non-hydrogen) atoms. The maximum Gasteiger partial charge on any atom is 0.131 e. The predicted octanol–water partition coefficient (Wildman–Crippen LogP) is 3.09. The summed E-state index contributed by atoms with van der Waals surface area (Å²) in [5, 5.41) is 2.71. The highest BCUT2D eigenvalue weighted by atomic mass is 35.5. The Balaban J connectivity index is 2.13. The number of fused-ring (bicyclic) bond motifs is 1. The number of pyridine rings is 1. The number of anilines is 1. The Morgan fingerprint density at radius 3 is 2.94 bits per heavy atom. The Bertz CT molecular complexity index is 549. The van der Waals surface area contributed by atoms with E-state index in [1.54, 1.807) is 11.3 Å². The van der Waals surface area contributed by atoms with Crippen molar-refractivity contribution >= 4 is 38.8 Å². The van der Waals surface area contributed by atoms with Crippen molar-refractivity contribution in [2.75, 3.05) is 31.2 Å². The number of aryl methyl sites for hydroxylation is 1. The average Bonchev–Trinajstić information content (AvgIpc) is 2.72. The Morgan fingerprint density at radius 1 is 1.41 bits per heavy atom. The predicted molar refractivity (Wildman–Crippen MR) is 72.4 cm³/mol. The lowest BCUT2D eigenvalue weighted by molar-refractivity contribution is 0.123. The standard InChI is InChI=1S/C12H13ClN2OS/c1-8-7-17-12-9(6-10(13)14-11(8)12)15-2-4-16-5-3-15/h6-7H,2-5H2,1H3. The van der Waals surface area contributed by atoms with E-state index >= 15 is 0 Å². The van der Waals surface area contributed by atoms with E-state index in [9.17, 15) is 0 Å². The van der Waals surface area contributed by atoms with Gasteiger partial charge in [-0.2, -0.15) is 0 Å². The molecule has 1 aliphatic heterocycles. The highest BCUT2D eigenvalue weighted by Gasteiger charge is 2.17. The second kappa shape index (κ2) is 4.44. The molecule has 1 saturated heterocycles. The number of hydrogen-bond acceptors (Lipinski definition) is 4. The molecule has 2 aromatic heterocycles. The van der Waals surface area contributed by atoms with Gasteiger partial charge in [0.15, 0.2) is 0 Å². The van der Waals surface area contributed by atoms with Crippen molar-refractivity contribution in [1.82, 2.24) is 4.98 Å². The first-order valence-electron chi connectivity index (χ1n) is 5.63. The van der Waals surface area contributed by atoms with Crippen molar-refractivity contribution in [2.45, 2.75) is 6.92 Å². The van der Waals surface area contributed by atoms with Gasteiger partial charge in [-0.15, -0.1) is 11.3 Å². The van der Waals surface area contributed by atoms with Gasteiger partial charge >= 0.3 is 0 Å². The number of rotatable bonds is 1. The second-order valence-electron chi connectivity index (χ2n) is 4.16. The minimum absolute atomic E-state index is 0.570. The van der Waals surface area contributed by atoms with Crippen LogP contribution in [0.1, 0.15) is 5.56 Å². The van der Waals surface area contributed by atoms with Crippen LogP contribution in [-0.2, 0) is 4.74 Å². The molecule has 3 heterocycles. The van der Waals surface area contributed by atoms with E-state index in [4.69, 9.17) is 16.3 Å². The highest BCUT2D eigenvalue weighted by molar-refractivity contribution is 7.18. The van der Waals surface area contributed by atoms with Gasteiger partial charge in [0, 0.05) is 19.2 Å². The fourth-order valence-electron chi connectivity index (χ4n) is 2.12. The monoisotopic (exact) mass is 268 g/mol. The summed E-state index contributed by atoms with van der Waals surface area (Å²) >= 11 is 7.85. The fraction of sp³-hybridized carbons (Fsp3) is 0.417. The number of morpholine rings is 1. The lowest BCUT2D eigenvalue weighted by Gasteiger charge is -2.29. The quantitative estimate of drug-likeness (QED) is 0.743. The van der Waals surface area contributed by atoms with Crippen LogP contribution in [0.5, 0.6) is 0 Å². The molecule has 0 aromatic carbocycles. The lowest BCUT2D eigenvalue weighted by atomic mass is 10.2. The Kier molecular flexibility index (Phi) is 2.94. The third-order valence-corrected chi connectivity index (χ3v) is 4.30. The molecule has 90 valence electrons. The van der Waals surface area contributed by atoms with Crippen molar-refractivity contribution in [3.05, 3.63) is 22.2 Å². The van der Waals surface area contributed by atoms with Gasteiger partial charge in [-0.1, -0.05) is 11.6 Å². The van der Waals surface area contributed by atoms with Crippen LogP contribution < -0.4 is 4.90 Å². The molecular formula is C12H13ClN2OS. The van der Waals surface area contributed by atoms with Gasteiger partial charge in [0.05, 0.1) is 29.1 Å². The summed E-state index contributed by atoms with van der Waals surface area (Å²) in [6.07, 6.45) is 0. The molecule has 0 saturated carbocycles. The number of halogens is 1. The molecule has 0 spiro atoms. The van der Waals surface area contributed by atoms with Crippen LogP contribution in [0.3, 0.4) is 0 Å². The zero-order chi connectivity index (χ0) is 11.8. The highest BCUT2D eigenvalue weighted by Crippen LogP contribution is 2.35. The van der Waals surface area contributed by atoms with E-state index in [1.807, 2.05) is 6.07 Å². The summed E-state index contributed by atoms with van der Waals surface area (Å²) in [7, 11) is 0. The number of hydrogen-bond donors (Lipinski definition) is 0. The minimum Gasteiger partial charge on any atom is -0.378 e. The Morgan fingerprint density at radius 2 is 2.18 bits per heavy atom. The van der Waals surface area contributed by atoms with Crippen molar-refractivity contribution in [3.63, 3.8) is 0 Å². The van der Waals surface area contributed by atoms with Crippen molar-refractivity contribution in [3.8, 4) is 0 Å². The third kappa shape index (κ3) is 2.01. The zero-order valence-electron chi connectivity index (χ0n) is 9.57. The Labute approximate surface area is 109 Å². The molecule has 0 radical (unpaired) electrons. The largest absolute Gasteiger partial charge is 0.378 e. The smallest absolute Gasteiger partial charge is 0.131 e. The van der Waals surface area contributed by atoms with E-state index < -0.39 is 0 Å². The second-order valence-corrected chi connectivity index (χ2v) is 5.43. The van der Waals surface area contributed by atoms with E-state index in [-0.39, 0.29) is 0 Å². The summed E-state index contributed by atoms with van der Waals surface area (Å²) in [6.45, 7) is 5.49. The lowest BCUT2D eigenvalue weighted by Crippen LogP contribution is -2.36. The van der Waals surface area contributed by atoms with Gasteiger partial charge in [0.2, 0.25) is 0 Å². The van der Waals surface area contributed by atoms with Gasteiger partial charge in [-0.05, 0) is 17.9 Å². The third-order valence-electron chi connectivity index (χ3n) is 3.00. The van der Waals surface area contributed by atoms with E-state index in [0.717, 1.165) is 31.8 Å². The van der Waals surface area contributed by atoms with Crippen LogP contribution >= 0.6 is 22.9 Å². The molecule has 3 rings (SSSR count). The van der Waals surface area contributed by atoms with Gasteiger partial charge in [-0.3, -0.25) is 0 Å². The molecule has 0 N–H and O–H groups in total. The average molecular weight is 269 g/mol. The summed E-state index contributed by atoms with van der Waals surface area (Å²) in [6, 6.07) is 1.96. The van der Waals surface area contributed by atoms with Crippen molar-refractivity contribution in [2.24, 2.45) is 0 Å². The van der Waals surface area contributed by atoms with Gasteiger partial charge in [0.25, 0.3) is 0 Å². The molecule has 3 nitrogen and oxygen atoms in total. The molecule has 0 unspecified atom stereocenters. The van der Waals surface area contributed by atoms with Gasteiger partial charge in [0.1, 0.15) is 5.15 Å². The van der Waals surface area contributed by atoms with Crippen LogP contribution in [0.2, 0.25) is 5.15 Å². The topological polar surface area (TPSA) is 25.4 Å². The number of ether oxygens (including phenoxy) is 1. The first-order valence-corrected chi connectivity index (χ1v) is 6.88. The molecule has 0 bridgehead atoms. The summed E-state index contributed by atoms with van der Waals surface area (Å²) in [4.78, 5) is 6.74. The maximum absolute atomic E-state index is 6.11. The fourth-order valence-corrected chi connectivity index (χ4v) is 3.34. The molecule has 5 heteroatoms. The SMILES string of the molecule is Cc1csc2c(N3CCOCC3)cc(Cl)nc12. The van der Waals surface area contributed by atoms with Crippen molar-refractivity contribution in [1.29, 1.82) is 0 Å². The zero-order valence-corrected chi connectivity index (χ0v) is 11.1. The summed E-state index contributed by atoms with van der Waals surface area (Å²) in [5.74, 6) is 0. The minimum atomic E-state index is 0.570. The first-order chi connectivity index (χ1) is 8.25. The van der Waals surface area contributed by atoms with Crippen LogP contribution in [0.15, 0.2) is 11.4 Å². The molecule has 1 aliphatic rings. The van der Waals surface area contributed by atoms with E-state index in [1.165, 1.54) is 16.0 Å². The number of thiophene rings is 1. The molecular weight excluding hydrogens is 256 g/mol. The molecule has 2 aromatic rings. The molecule has 0 aliphatic carbocycles. The van der Waals surface area contributed by atoms with Crippen LogP contribution in [0.4, 0.5) is 5.69 Å². The van der Waals surface area contributed by atoms with Gasteiger partial charge < -0.3 is 9.64 Å². The maximum atomic E-state index is 6.11. The normalized spacial score (nSPS) is 16.7. The van der Waals surface area contributed by atoms with Crippen LogP contribution in [0.25, 0.3) is 10.2 Å². The number of nitrogens with zero attached hydrogens (tertiary/aromatic N) is 2.